The first-order valence-electron chi connectivity index (χ1n) is 3.73. The predicted molar refractivity (Wildman–Crippen MR) is 46.1 cm³/mol. The van der Waals surface area contributed by atoms with Crippen LogP contribution < -0.4 is 0 Å². The molecule has 1 aromatic carbocycles. The largest absolute Gasteiger partial charge is 0.465 e. The van der Waals surface area contributed by atoms with E-state index in [-0.39, 0.29) is 5.97 Å². The Morgan fingerprint density at radius 2 is 2.17 bits per heavy atom. The highest BCUT2D eigenvalue weighted by Gasteiger charge is 2.09. The molecule has 0 amide bonds. The molecule has 0 unspecified atom stereocenters. The van der Waals surface area contributed by atoms with Gasteiger partial charge in [0.2, 0.25) is 0 Å². The summed E-state index contributed by atoms with van der Waals surface area (Å²) in [6, 6.07) is 6.50. The maximum Gasteiger partial charge on any atom is 0.338 e. The summed E-state index contributed by atoms with van der Waals surface area (Å²) in [4.78, 5) is 11.1. The zero-order valence-corrected chi connectivity index (χ0v) is 7.47. The van der Waals surface area contributed by atoms with Crippen LogP contribution in [0.1, 0.15) is 21.5 Å². The van der Waals surface area contributed by atoms with Gasteiger partial charge in [-0.05, 0) is 31.0 Å². The van der Waals surface area contributed by atoms with Crippen molar-refractivity contribution in [2.24, 2.45) is 0 Å². The van der Waals surface area contributed by atoms with Crippen LogP contribution in [0.3, 0.4) is 0 Å². The fraction of sp³-hybridized carbons (Fsp3) is 0.300. The molecule has 1 aromatic rings. The minimum absolute atomic E-state index is 0.323. The lowest BCUT2D eigenvalue weighted by molar-refractivity contribution is 0.0599. The number of carbonyl (C=O) groups excluding carboxylic acids is 1. The van der Waals surface area contributed by atoms with Crippen molar-refractivity contribution in [3.8, 4) is 0 Å². The molecule has 0 aliphatic heterocycles. The molecular formula is C10H11O2. The summed E-state index contributed by atoms with van der Waals surface area (Å²) < 4.78 is 4.60. The molecule has 12 heavy (non-hydrogen) atoms. The Morgan fingerprint density at radius 3 is 2.75 bits per heavy atom. The summed E-state index contributed by atoms with van der Waals surface area (Å²) in [7, 11) is 1.37. The smallest absolute Gasteiger partial charge is 0.338 e. The molecule has 0 bridgehead atoms. The molecule has 0 atom stereocenters. The van der Waals surface area contributed by atoms with E-state index in [9.17, 15) is 4.79 Å². The molecule has 0 aromatic heterocycles. The normalized spacial score (nSPS) is 9.58. The topological polar surface area (TPSA) is 26.3 Å². The monoisotopic (exact) mass is 163 g/mol. The number of methoxy groups -OCH3 is 1. The summed E-state index contributed by atoms with van der Waals surface area (Å²) >= 11 is 0. The third kappa shape index (κ3) is 1.47. The highest BCUT2D eigenvalue weighted by Crippen LogP contribution is 2.12. The number of hydrogen-bond donors (Lipinski definition) is 0. The Morgan fingerprint density at radius 1 is 1.50 bits per heavy atom. The van der Waals surface area contributed by atoms with Crippen LogP contribution in [0.5, 0.6) is 0 Å². The number of esters is 1. The van der Waals surface area contributed by atoms with Gasteiger partial charge in [0, 0.05) is 0 Å². The Kier molecular flexibility index (Phi) is 2.48. The zero-order chi connectivity index (χ0) is 9.14. The molecule has 63 valence electrons. The third-order valence-corrected chi connectivity index (χ3v) is 1.92. The highest BCUT2D eigenvalue weighted by atomic mass is 16.5. The van der Waals surface area contributed by atoms with Crippen molar-refractivity contribution in [3.63, 3.8) is 0 Å². The van der Waals surface area contributed by atoms with Crippen molar-refractivity contribution < 1.29 is 9.53 Å². The summed E-state index contributed by atoms with van der Waals surface area (Å²) in [5.41, 5.74) is 2.54. The first-order valence-corrected chi connectivity index (χ1v) is 3.73. The van der Waals surface area contributed by atoms with Crippen molar-refractivity contribution in [1.29, 1.82) is 0 Å². The minimum atomic E-state index is -0.323. The Labute approximate surface area is 72.2 Å². The summed E-state index contributed by atoms with van der Waals surface area (Å²) in [6.45, 7) is 3.84. The van der Waals surface area contributed by atoms with Crippen molar-refractivity contribution in [2.75, 3.05) is 7.11 Å². The first kappa shape index (κ1) is 8.78. The van der Waals surface area contributed by atoms with Gasteiger partial charge in [0.1, 0.15) is 0 Å². The third-order valence-electron chi connectivity index (χ3n) is 1.92. The molecule has 2 nitrogen and oxygen atoms in total. The molecule has 0 aliphatic carbocycles. The van der Waals surface area contributed by atoms with Crippen molar-refractivity contribution in [2.45, 2.75) is 13.8 Å². The van der Waals surface area contributed by atoms with E-state index in [1.807, 2.05) is 19.9 Å². The lowest BCUT2D eigenvalue weighted by Gasteiger charge is -2.04. The van der Waals surface area contributed by atoms with Crippen molar-refractivity contribution in [1.82, 2.24) is 0 Å². The second kappa shape index (κ2) is 3.39. The number of aryl methyl sites for hydroxylation is 1. The summed E-state index contributed by atoms with van der Waals surface area (Å²) in [5.74, 6) is -0.323. The van der Waals surface area contributed by atoms with Crippen molar-refractivity contribution in [3.05, 3.63) is 34.9 Å². The van der Waals surface area contributed by atoms with E-state index in [1.54, 1.807) is 6.07 Å². The summed E-state index contributed by atoms with van der Waals surface area (Å²) in [6.07, 6.45) is 0. The number of carbonyl (C=O) groups is 1. The van der Waals surface area contributed by atoms with Gasteiger partial charge in [-0.3, -0.25) is 0 Å². The Bertz CT molecular complexity index is 303. The van der Waals surface area contributed by atoms with E-state index in [0.717, 1.165) is 11.1 Å². The minimum Gasteiger partial charge on any atom is -0.465 e. The van der Waals surface area contributed by atoms with Crippen LogP contribution in [-0.2, 0) is 4.74 Å². The van der Waals surface area contributed by atoms with E-state index in [1.165, 1.54) is 7.11 Å². The van der Waals surface area contributed by atoms with Crippen molar-refractivity contribution >= 4 is 5.97 Å². The van der Waals surface area contributed by atoms with Gasteiger partial charge in [0.15, 0.2) is 0 Å². The van der Waals surface area contributed by atoms with Gasteiger partial charge in [-0.1, -0.05) is 12.1 Å². The SMILES string of the molecule is COC(=O)c1[c]ccc(C)c1C. The fourth-order valence-corrected chi connectivity index (χ4v) is 0.995. The quantitative estimate of drug-likeness (QED) is 0.591. The van der Waals surface area contributed by atoms with Gasteiger partial charge < -0.3 is 4.74 Å². The van der Waals surface area contributed by atoms with E-state index in [0.29, 0.717) is 5.56 Å². The molecule has 0 fully saturated rings. The van der Waals surface area contributed by atoms with Crippen LogP contribution in [-0.4, -0.2) is 13.1 Å². The molecular weight excluding hydrogens is 152 g/mol. The Hall–Kier alpha value is -1.31. The molecule has 1 rings (SSSR count). The van der Waals surface area contributed by atoms with Crippen LogP contribution in [0.2, 0.25) is 0 Å². The average Bonchev–Trinajstić information content (AvgIpc) is 2.08. The number of hydrogen-bond acceptors (Lipinski definition) is 2. The average molecular weight is 163 g/mol. The van der Waals surface area contributed by atoms with Gasteiger partial charge in [0.25, 0.3) is 0 Å². The maximum absolute atomic E-state index is 11.1. The van der Waals surface area contributed by atoms with Gasteiger partial charge in [-0.15, -0.1) is 0 Å². The molecule has 0 saturated carbocycles. The highest BCUT2D eigenvalue weighted by molar-refractivity contribution is 5.90. The lowest BCUT2D eigenvalue weighted by Crippen LogP contribution is -2.04. The number of ether oxygens (including phenoxy) is 1. The second-order valence-electron chi connectivity index (χ2n) is 2.65. The fourth-order valence-electron chi connectivity index (χ4n) is 0.995. The molecule has 1 radical (unpaired) electrons. The van der Waals surface area contributed by atoms with E-state index in [4.69, 9.17) is 0 Å². The van der Waals surface area contributed by atoms with Crippen LogP contribution in [0.4, 0.5) is 0 Å². The summed E-state index contributed by atoms with van der Waals surface area (Å²) in [5, 5.41) is 0. The molecule has 2 heteroatoms. The van der Waals surface area contributed by atoms with Gasteiger partial charge in [-0.2, -0.15) is 0 Å². The van der Waals surface area contributed by atoms with Crippen LogP contribution in [0, 0.1) is 19.9 Å². The van der Waals surface area contributed by atoms with Gasteiger partial charge in [0.05, 0.1) is 12.7 Å². The molecule has 0 spiro atoms. The lowest BCUT2D eigenvalue weighted by atomic mass is 10.0. The van der Waals surface area contributed by atoms with Crippen LogP contribution in [0.25, 0.3) is 0 Å². The molecule has 0 heterocycles. The molecule has 0 aliphatic rings. The van der Waals surface area contributed by atoms with Crippen LogP contribution >= 0.6 is 0 Å². The van der Waals surface area contributed by atoms with Gasteiger partial charge >= 0.3 is 5.97 Å². The molecule has 0 N–H and O–H groups in total. The maximum atomic E-state index is 11.1. The Balaban J connectivity index is 3.16. The second-order valence-corrected chi connectivity index (χ2v) is 2.65. The van der Waals surface area contributed by atoms with Crippen LogP contribution in [0.15, 0.2) is 12.1 Å². The molecule has 0 saturated heterocycles. The first-order chi connectivity index (χ1) is 5.66. The number of rotatable bonds is 1. The van der Waals surface area contributed by atoms with E-state index in [2.05, 4.69) is 10.8 Å². The van der Waals surface area contributed by atoms with Gasteiger partial charge in [-0.25, -0.2) is 4.79 Å². The predicted octanol–water partition coefficient (Wildman–Crippen LogP) is 1.89. The standard InChI is InChI=1S/C10H11O2/c1-7-5-4-6-9(8(7)2)10(11)12-3/h4-5H,1-3H3. The zero-order valence-electron chi connectivity index (χ0n) is 7.47. The van der Waals surface area contributed by atoms with E-state index < -0.39 is 0 Å². The van der Waals surface area contributed by atoms with E-state index >= 15 is 0 Å². The number of benzene rings is 1.